The van der Waals surface area contributed by atoms with E-state index >= 15 is 0 Å². The third-order valence-electron chi connectivity index (χ3n) is 2.62. The molecule has 0 saturated carbocycles. The molecule has 0 N–H and O–H groups in total. The molecule has 0 radical (unpaired) electrons. The van der Waals surface area contributed by atoms with Crippen LogP contribution in [-0.2, 0) is 11.5 Å². The lowest BCUT2D eigenvalue weighted by atomic mass is 10.2. The van der Waals surface area contributed by atoms with Crippen LogP contribution in [0.25, 0.3) is 0 Å². The van der Waals surface area contributed by atoms with Crippen LogP contribution in [-0.4, -0.2) is 0 Å². The molecule has 0 fully saturated rings. The number of thioether (sulfide) groups is 1. The largest absolute Gasteiger partial charge is 0.152 e. The van der Waals surface area contributed by atoms with Crippen molar-refractivity contribution in [2.45, 2.75) is 11.5 Å². The van der Waals surface area contributed by atoms with E-state index in [0.29, 0.717) is 20.1 Å². The molecule has 2 aromatic rings. The first kappa shape index (κ1) is 15.3. The summed E-state index contributed by atoms with van der Waals surface area (Å²) in [6.07, 6.45) is 0. The zero-order valence-electron chi connectivity index (χ0n) is 9.80. The van der Waals surface area contributed by atoms with Crippen molar-refractivity contribution < 1.29 is 0 Å². The molecule has 0 aromatic heterocycles. The topological polar surface area (TPSA) is 0 Å². The summed E-state index contributed by atoms with van der Waals surface area (Å²) in [5.41, 5.74) is 1.89. The van der Waals surface area contributed by atoms with E-state index in [1.54, 1.807) is 11.8 Å². The van der Waals surface area contributed by atoms with E-state index < -0.39 is 0 Å². The van der Waals surface area contributed by atoms with Gasteiger partial charge in [-0.25, -0.2) is 0 Å². The van der Waals surface area contributed by atoms with E-state index in [9.17, 15) is 0 Å². The smallest absolute Gasteiger partial charge is 0.0461 e. The van der Waals surface area contributed by atoms with Gasteiger partial charge in [0.25, 0.3) is 0 Å². The molecular weight excluding hydrogens is 342 g/mol. The van der Waals surface area contributed by atoms with Gasteiger partial charge in [0.1, 0.15) is 0 Å². The molecule has 2 rings (SSSR count). The maximum absolute atomic E-state index is 6.12. The molecule has 0 unspecified atom stereocenters. The molecule has 0 heterocycles. The number of hydrogen-bond acceptors (Lipinski definition) is 1. The highest BCUT2D eigenvalue weighted by Crippen LogP contribution is 2.32. The van der Waals surface area contributed by atoms with Gasteiger partial charge in [-0.3, -0.25) is 0 Å². The zero-order chi connectivity index (χ0) is 13.8. The fourth-order valence-corrected chi connectivity index (χ4v) is 4.11. The first-order valence-corrected chi connectivity index (χ1v) is 8.19. The van der Waals surface area contributed by atoms with Gasteiger partial charge in [-0.05, 0) is 35.4 Å². The maximum Gasteiger partial charge on any atom is 0.0461 e. The Morgan fingerprint density at radius 3 is 1.26 bits per heavy atom. The predicted octanol–water partition coefficient (Wildman–Crippen LogP) is 6.73. The normalized spacial score (nSPS) is 10.7. The second kappa shape index (κ2) is 7.10. The van der Waals surface area contributed by atoms with Crippen LogP contribution in [0.2, 0.25) is 20.1 Å². The summed E-state index contributed by atoms with van der Waals surface area (Å²) in [6, 6.07) is 11.0. The van der Waals surface area contributed by atoms with E-state index in [0.717, 1.165) is 22.6 Å². The molecule has 0 saturated heterocycles. The van der Waals surface area contributed by atoms with E-state index in [1.165, 1.54) is 0 Å². The van der Waals surface area contributed by atoms with Gasteiger partial charge in [0.2, 0.25) is 0 Å². The van der Waals surface area contributed by atoms with Crippen molar-refractivity contribution >= 4 is 58.2 Å². The maximum atomic E-state index is 6.12. The molecule has 0 atom stereocenters. The minimum absolute atomic E-state index is 0.685. The summed E-state index contributed by atoms with van der Waals surface area (Å²) in [5.74, 6) is 1.44. The van der Waals surface area contributed by atoms with Crippen molar-refractivity contribution in [2.24, 2.45) is 0 Å². The highest BCUT2D eigenvalue weighted by Gasteiger charge is 2.08. The molecule has 2 aromatic carbocycles. The number of rotatable bonds is 4. The summed E-state index contributed by atoms with van der Waals surface area (Å²) in [5, 5.41) is 2.74. The van der Waals surface area contributed by atoms with Crippen molar-refractivity contribution in [3.8, 4) is 0 Å². The third kappa shape index (κ3) is 3.96. The fourth-order valence-electron chi connectivity index (χ4n) is 1.60. The zero-order valence-corrected chi connectivity index (χ0v) is 13.6. The van der Waals surface area contributed by atoms with Gasteiger partial charge in [0, 0.05) is 31.6 Å². The van der Waals surface area contributed by atoms with Gasteiger partial charge < -0.3 is 0 Å². The van der Waals surface area contributed by atoms with Gasteiger partial charge >= 0.3 is 0 Å². The van der Waals surface area contributed by atoms with Crippen LogP contribution < -0.4 is 0 Å². The standard InChI is InChI=1S/C14H10Cl4S/c15-11-3-1-4-12(16)9(11)7-19-8-10-13(17)5-2-6-14(10)18/h1-6H,7-8H2. The van der Waals surface area contributed by atoms with Gasteiger partial charge in [-0.2, -0.15) is 11.8 Å². The van der Waals surface area contributed by atoms with Gasteiger partial charge in [0.15, 0.2) is 0 Å². The van der Waals surface area contributed by atoms with E-state index in [-0.39, 0.29) is 0 Å². The van der Waals surface area contributed by atoms with Crippen LogP contribution in [0.4, 0.5) is 0 Å². The summed E-state index contributed by atoms with van der Waals surface area (Å²) in [4.78, 5) is 0. The van der Waals surface area contributed by atoms with E-state index in [1.807, 2.05) is 36.4 Å². The minimum Gasteiger partial charge on any atom is -0.152 e. The number of hydrogen-bond donors (Lipinski definition) is 0. The Balaban J connectivity index is 2.05. The second-order valence-corrected chi connectivity index (χ2v) is 6.51. The predicted molar refractivity (Wildman–Crippen MR) is 87.9 cm³/mol. The molecule has 100 valence electrons. The number of halogens is 4. The molecule has 0 nitrogen and oxygen atoms in total. The highest BCUT2D eigenvalue weighted by molar-refractivity contribution is 7.97. The minimum atomic E-state index is 0.685. The van der Waals surface area contributed by atoms with E-state index in [2.05, 4.69) is 0 Å². The Labute approximate surface area is 137 Å². The van der Waals surface area contributed by atoms with Gasteiger partial charge in [0.05, 0.1) is 0 Å². The van der Waals surface area contributed by atoms with Crippen molar-refractivity contribution in [3.63, 3.8) is 0 Å². The lowest BCUT2D eigenvalue weighted by Gasteiger charge is -2.09. The summed E-state index contributed by atoms with van der Waals surface area (Å²) in [7, 11) is 0. The second-order valence-electron chi connectivity index (χ2n) is 3.89. The fraction of sp³-hybridized carbons (Fsp3) is 0.143. The molecule has 5 heteroatoms. The Hall–Kier alpha value is -0.0500. The monoisotopic (exact) mass is 350 g/mol. The quantitative estimate of drug-likeness (QED) is 0.588. The molecule has 0 aliphatic carbocycles. The van der Waals surface area contributed by atoms with Crippen LogP contribution in [0.15, 0.2) is 36.4 Å². The van der Waals surface area contributed by atoms with Crippen LogP contribution in [0, 0.1) is 0 Å². The van der Waals surface area contributed by atoms with Crippen molar-refractivity contribution in [2.75, 3.05) is 0 Å². The first-order valence-electron chi connectivity index (χ1n) is 5.53. The highest BCUT2D eigenvalue weighted by atomic mass is 35.5. The molecular formula is C14H10Cl4S. The molecule has 0 spiro atoms. The Morgan fingerprint density at radius 1 is 0.632 bits per heavy atom. The Kier molecular flexibility index (Phi) is 5.73. The molecule has 0 aliphatic heterocycles. The average Bonchev–Trinajstić information content (AvgIpc) is 2.36. The van der Waals surface area contributed by atoms with Crippen molar-refractivity contribution in [3.05, 3.63) is 67.6 Å². The summed E-state index contributed by atoms with van der Waals surface area (Å²) in [6.45, 7) is 0. The molecule has 0 amide bonds. The van der Waals surface area contributed by atoms with Crippen molar-refractivity contribution in [1.82, 2.24) is 0 Å². The Bertz CT molecular complexity index is 492. The van der Waals surface area contributed by atoms with Crippen LogP contribution in [0.1, 0.15) is 11.1 Å². The molecule has 0 aliphatic rings. The number of benzene rings is 2. The first-order chi connectivity index (χ1) is 9.09. The van der Waals surface area contributed by atoms with Gasteiger partial charge in [-0.15, -0.1) is 0 Å². The Morgan fingerprint density at radius 2 is 0.947 bits per heavy atom. The molecule has 0 bridgehead atoms. The lowest BCUT2D eigenvalue weighted by Crippen LogP contribution is -1.88. The average molecular weight is 352 g/mol. The molecule has 19 heavy (non-hydrogen) atoms. The third-order valence-corrected chi connectivity index (χ3v) is 5.02. The van der Waals surface area contributed by atoms with Crippen molar-refractivity contribution in [1.29, 1.82) is 0 Å². The van der Waals surface area contributed by atoms with Crippen LogP contribution in [0.5, 0.6) is 0 Å². The SMILES string of the molecule is Clc1cccc(Cl)c1CSCc1c(Cl)cccc1Cl. The van der Waals surface area contributed by atoms with Gasteiger partial charge in [-0.1, -0.05) is 58.5 Å². The summed E-state index contributed by atoms with van der Waals surface area (Å²) >= 11 is 26.2. The summed E-state index contributed by atoms with van der Waals surface area (Å²) < 4.78 is 0. The van der Waals surface area contributed by atoms with E-state index in [4.69, 9.17) is 46.4 Å². The lowest BCUT2D eigenvalue weighted by molar-refractivity contribution is 1.36. The van der Waals surface area contributed by atoms with Crippen LogP contribution >= 0.6 is 58.2 Å². The van der Waals surface area contributed by atoms with Crippen LogP contribution in [0.3, 0.4) is 0 Å².